The highest BCUT2D eigenvalue weighted by molar-refractivity contribution is 5.72. The minimum Gasteiger partial charge on any atom is -0.469 e. The van der Waals surface area contributed by atoms with E-state index in [1.54, 1.807) is 0 Å². The van der Waals surface area contributed by atoms with E-state index in [1.165, 1.54) is 13.2 Å². The van der Waals surface area contributed by atoms with Crippen LogP contribution in [0.25, 0.3) is 0 Å². The fraction of sp³-hybridized carbons (Fsp3) is 0.800. The maximum absolute atomic E-state index is 11.3. The summed E-state index contributed by atoms with van der Waals surface area (Å²) in [7, 11) is 1.41. The van der Waals surface area contributed by atoms with Gasteiger partial charge in [0.15, 0.2) is 0 Å². The minimum atomic E-state index is -0.134. The van der Waals surface area contributed by atoms with Crippen molar-refractivity contribution in [3.63, 3.8) is 0 Å². The molecule has 1 rings (SSSR count). The van der Waals surface area contributed by atoms with Crippen LogP contribution in [-0.4, -0.2) is 25.7 Å². The molecule has 0 saturated heterocycles. The zero-order valence-electron chi connectivity index (χ0n) is 8.36. The lowest BCUT2D eigenvalue weighted by Crippen LogP contribution is -2.25. The number of ether oxygens (including phenoxy) is 1. The predicted molar refractivity (Wildman–Crippen MR) is 50.5 cm³/mol. The van der Waals surface area contributed by atoms with E-state index in [0.29, 0.717) is 12.5 Å². The highest BCUT2D eigenvalue weighted by atomic mass is 16.5. The van der Waals surface area contributed by atoms with Gasteiger partial charge in [-0.05, 0) is 25.2 Å². The Morgan fingerprint density at radius 2 is 2.36 bits per heavy atom. The number of methoxy groups -OCH3 is 1. The number of rotatable bonds is 3. The van der Waals surface area contributed by atoms with Gasteiger partial charge in [-0.15, -0.1) is 0 Å². The second-order valence-electron chi connectivity index (χ2n) is 3.68. The first-order valence-electron chi connectivity index (χ1n) is 4.89. The first kappa shape index (κ1) is 10.9. The molecule has 0 radical (unpaired) electrons. The number of hydrogen-bond acceptors (Lipinski definition) is 4. The molecule has 78 valence electrons. The smallest absolute Gasteiger partial charge is 0.308 e. The number of carbonyl (C=O) groups is 1. The molecular formula is C10H15NO3. The monoisotopic (exact) mass is 197 g/mol. The Labute approximate surface area is 83.3 Å². The maximum Gasteiger partial charge on any atom is 0.308 e. The maximum atomic E-state index is 11.3. The SMILES string of the molecule is COC(=O)C1CCCC(CN=C=O)C1. The van der Waals surface area contributed by atoms with Crippen molar-refractivity contribution in [3.8, 4) is 0 Å². The van der Waals surface area contributed by atoms with Gasteiger partial charge in [0.2, 0.25) is 6.08 Å². The van der Waals surface area contributed by atoms with Crippen LogP contribution < -0.4 is 0 Å². The van der Waals surface area contributed by atoms with Gasteiger partial charge in [-0.25, -0.2) is 9.79 Å². The van der Waals surface area contributed by atoms with Crippen molar-refractivity contribution in [1.29, 1.82) is 0 Å². The lowest BCUT2D eigenvalue weighted by molar-refractivity contribution is -0.147. The Morgan fingerprint density at radius 3 is 3.00 bits per heavy atom. The summed E-state index contributed by atoms with van der Waals surface area (Å²) in [5.74, 6) is 0.208. The molecule has 0 aliphatic heterocycles. The average molecular weight is 197 g/mol. The van der Waals surface area contributed by atoms with Gasteiger partial charge in [0, 0.05) is 0 Å². The molecule has 0 spiro atoms. The molecule has 1 saturated carbocycles. The van der Waals surface area contributed by atoms with Gasteiger partial charge in [0.1, 0.15) is 0 Å². The normalized spacial score (nSPS) is 26.4. The van der Waals surface area contributed by atoms with Gasteiger partial charge in [0.25, 0.3) is 0 Å². The standard InChI is InChI=1S/C10H15NO3/c1-14-10(13)9-4-2-3-8(5-9)6-11-7-12/h8-9H,2-6H2,1H3. The van der Waals surface area contributed by atoms with Gasteiger partial charge >= 0.3 is 5.97 Å². The number of carbonyl (C=O) groups excluding carboxylic acids is 2. The number of isocyanates is 1. The van der Waals surface area contributed by atoms with Crippen LogP contribution in [0.15, 0.2) is 4.99 Å². The third-order valence-electron chi connectivity index (χ3n) is 2.73. The van der Waals surface area contributed by atoms with Crippen molar-refractivity contribution in [2.75, 3.05) is 13.7 Å². The molecule has 4 heteroatoms. The molecular weight excluding hydrogens is 182 g/mol. The molecule has 2 atom stereocenters. The second-order valence-corrected chi connectivity index (χ2v) is 3.68. The lowest BCUT2D eigenvalue weighted by Gasteiger charge is -2.25. The fourth-order valence-electron chi connectivity index (χ4n) is 2.00. The average Bonchev–Trinajstić information content (AvgIpc) is 2.25. The van der Waals surface area contributed by atoms with E-state index in [2.05, 4.69) is 4.99 Å². The highest BCUT2D eigenvalue weighted by Gasteiger charge is 2.27. The summed E-state index contributed by atoms with van der Waals surface area (Å²) in [5.41, 5.74) is 0. The van der Waals surface area contributed by atoms with Crippen molar-refractivity contribution >= 4 is 12.0 Å². The Morgan fingerprint density at radius 1 is 1.57 bits per heavy atom. The summed E-state index contributed by atoms with van der Waals surface area (Å²) in [6.45, 7) is 0.497. The van der Waals surface area contributed by atoms with Crippen LogP contribution >= 0.6 is 0 Å². The van der Waals surface area contributed by atoms with Crippen LogP contribution in [0.3, 0.4) is 0 Å². The quantitative estimate of drug-likeness (QED) is 0.389. The highest BCUT2D eigenvalue weighted by Crippen LogP contribution is 2.29. The van der Waals surface area contributed by atoms with E-state index < -0.39 is 0 Å². The number of hydrogen-bond donors (Lipinski definition) is 0. The van der Waals surface area contributed by atoms with E-state index in [0.717, 1.165) is 25.7 Å². The molecule has 0 amide bonds. The molecule has 1 aliphatic rings. The first-order valence-corrected chi connectivity index (χ1v) is 4.89. The van der Waals surface area contributed by atoms with Gasteiger partial charge in [-0.2, -0.15) is 0 Å². The molecule has 14 heavy (non-hydrogen) atoms. The Balaban J connectivity index is 2.42. The molecule has 1 aliphatic carbocycles. The number of aliphatic imine (C=N–C) groups is 1. The Kier molecular flexibility index (Phi) is 4.33. The molecule has 0 aromatic rings. The topological polar surface area (TPSA) is 55.7 Å². The van der Waals surface area contributed by atoms with Gasteiger partial charge in [-0.1, -0.05) is 6.42 Å². The van der Waals surface area contributed by atoms with Crippen molar-refractivity contribution in [1.82, 2.24) is 0 Å². The van der Waals surface area contributed by atoms with E-state index in [-0.39, 0.29) is 11.9 Å². The third-order valence-corrected chi connectivity index (χ3v) is 2.73. The lowest BCUT2D eigenvalue weighted by atomic mass is 9.81. The first-order chi connectivity index (χ1) is 6.77. The van der Waals surface area contributed by atoms with Gasteiger partial charge in [0.05, 0.1) is 19.6 Å². The summed E-state index contributed by atoms with van der Waals surface area (Å²) >= 11 is 0. The van der Waals surface area contributed by atoms with Crippen molar-refractivity contribution in [2.45, 2.75) is 25.7 Å². The summed E-state index contributed by atoms with van der Waals surface area (Å²) < 4.78 is 4.70. The summed E-state index contributed by atoms with van der Waals surface area (Å²) in [6, 6.07) is 0. The van der Waals surface area contributed by atoms with Gasteiger partial charge in [-0.3, -0.25) is 4.79 Å². The fourth-order valence-corrected chi connectivity index (χ4v) is 2.00. The number of nitrogens with zero attached hydrogens (tertiary/aromatic N) is 1. The molecule has 0 bridgehead atoms. The van der Waals surface area contributed by atoms with Gasteiger partial charge < -0.3 is 4.74 Å². The second kappa shape index (κ2) is 5.55. The molecule has 0 aromatic heterocycles. The predicted octanol–water partition coefficient (Wildman–Crippen LogP) is 1.30. The molecule has 2 unspecified atom stereocenters. The van der Waals surface area contributed by atoms with Crippen molar-refractivity contribution < 1.29 is 14.3 Å². The molecule has 1 fully saturated rings. The third kappa shape index (κ3) is 2.96. The van der Waals surface area contributed by atoms with E-state index in [4.69, 9.17) is 4.74 Å². The number of esters is 1. The van der Waals surface area contributed by atoms with E-state index in [1.807, 2.05) is 0 Å². The van der Waals surface area contributed by atoms with Crippen LogP contribution in [0.1, 0.15) is 25.7 Å². The largest absolute Gasteiger partial charge is 0.469 e. The van der Waals surface area contributed by atoms with E-state index in [9.17, 15) is 9.59 Å². The van der Waals surface area contributed by atoms with Crippen molar-refractivity contribution in [3.05, 3.63) is 0 Å². The zero-order valence-corrected chi connectivity index (χ0v) is 8.36. The van der Waals surface area contributed by atoms with Crippen LogP contribution in [0.5, 0.6) is 0 Å². The summed E-state index contributed by atoms with van der Waals surface area (Å²) in [6.07, 6.45) is 5.27. The van der Waals surface area contributed by atoms with Crippen LogP contribution in [0, 0.1) is 11.8 Å². The zero-order chi connectivity index (χ0) is 10.4. The molecule has 0 heterocycles. The van der Waals surface area contributed by atoms with Crippen molar-refractivity contribution in [2.24, 2.45) is 16.8 Å². The molecule has 0 aromatic carbocycles. The van der Waals surface area contributed by atoms with Crippen LogP contribution in [0.4, 0.5) is 0 Å². The van der Waals surface area contributed by atoms with Crippen LogP contribution in [0.2, 0.25) is 0 Å². The Hall–Kier alpha value is -1.15. The summed E-state index contributed by atoms with van der Waals surface area (Å²) in [5, 5.41) is 0. The Bertz CT molecular complexity index is 246. The van der Waals surface area contributed by atoms with E-state index >= 15 is 0 Å². The van der Waals surface area contributed by atoms with Crippen LogP contribution in [-0.2, 0) is 14.3 Å². The molecule has 0 N–H and O–H groups in total. The molecule has 4 nitrogen and oxygen atoms in total. The summed E-state index contributed by atoms with van der Waals surface area (Å²) in [4.78, 5) is 24.7. The minimum absolute atomic E-state index is 0.000557.